The largest absolute Gasteiger partial charge is 0.508 e. The van der Waals surface area contributed by atoms with E-state index in [2.05, 4.69) is 0 Å². The summed E-state index contributed by atoms with van der Waals surface area (Å²) in [4.78, 5) is 11.9. The molecule has 0 aromatic heterocycles. The van der Waals surface area contributed by atoms with Crippen molar-refractivity contribution in [3.63, 3.8) is 0 Å². The Kier molecular flexibility index (Phi) is 1.84. The highest BCUT2D eigenvalue weighted by atomic mass is 16.3. The lowest BCUT2D eigenvalue weighted by molar-refractivity contribution is -0.123. The quantitative estimate of drug-likeness (QED) is 0.699. The summed E-state index contributed by atoms with van der Waals surface area (Å²) in [6.45, 7) is 0. The summed E-state index contributed by atoms with van der Waals surface area (Å²) in [6, 6.07) is 5.52. The van der Waals surface area contributed by atoms with Crippen LogP contribution in [0.5, 0.6) is 5.75 Å². The zero-order chi connectivity index (χ0) is 10.4. The van der Waals surface area contributed by atoms with Crippen molar-refractivity contribution in [1.82, 2.24) is 0 Å². The Morgan fingerprint density at radius 3 is 2.47 bits per heavy atom. The van der Waals surface area contributed by atoms with E-state index in [0.717, 1.165) is 25.7 Å². The third-order valence-electron chi connectivity index (χ3n) is 3.79. The Bertz CT molecular complexity index is 423. The van der Waals surface area contributed by atoms with Crippen LogP contribution in [0.2, 0.25) is 0 Å². The zero-order valence-corrected chi connectivity index (χ0v) is 8.57. The first kappa shape index (κ1) is 8.96. The molecule has 15 heavy (non-hydrogen) atoms. The van der Waals surface area contributed by atoms with E-state index >= 15 is 0 Å². The molecule has 1 fully saturated rings. The molecule has 0 spiro atoms. The van der Waals surface area contributed by atoms with Gasteiger partial charge in [0.1, 0.15) is 11.5 Å². The van der Waals surface area contributed by atoms with Crippen LogP contribution in [0.3, 0.4) is 0 Å². The Balaban J connectivity index is 2.06. The van der Waals surface area contributed by atoms with E-state index in [1.807, 2.05) is 12.1 Å². The van der Waals surface area contributed by atoms with Gasteiger partial charge < -0.3 is 5.11 Å². The lowest BCUT2D eigenvalue weighted by atomic mass is 9.93. The number of aromatic hydroxyl groups is 1. The smallest absolute Gasteiger partial charge is 0.139 e. The van der Waals surface area contributed by atoms with E-state index in [4.69, 9.17) is 0 Å². The van der Waals surface area contributed by atoms with E-state index in [-0.39, 0.29) is 11.8 Å². The number of hydrogen-bond acceptors (Lipinski definition) is 2. The van der Waals surface area contributed by atoms with E-state index in [1.54, 1.807) is 6.07 Å². The molecule has 0 unspecified atom stereocenters. The molecule has 2 heteroatoms. The van der Waals surface area contributed by atoms with E-state index in [0.29, 0.717) is 11.5 Å². The van der Waals surface area contributed by atoms with Gasteiger partial charge in [0, 0.05) is 11.8 Å². The fourth-order valence-electron chi connectivity index (χ4n) is 2.96. The average Bonchev–Trinajstić information content (AvgIpc) is 2.44. The highest BCUT2D eigenvalue weighted by Gasteiger charge is 2.37. The third-order valence-corrected chi connectivity index (χ3v) is 3.79. The molecule has 1 N–H and O–H groups in total. The van der Waals surface area contributed by atoms with Crippen LogP contribution in [-0.4, -0.2) is 10.9 Å². The molecule has 2 aliphatic rings. The van der Waals surface area contributed by atoms with Gasteiger partial charge in [-0.15, -0.1) is 0 Å². The number of ketones is 1. The molecule has 1 aromatic carbocycles. The maximum absolute atomic E-state index is 11.9. The second-order valence-corrected chi connectivity index (χ2v) is 4.73. The minimum atomic E-state index is 0.220. The number of hydrogen-bond donors (Lipinski definition) is 1. The van der Waals surface area contributed by atoms with Gasteiger partial charge in [0.05, 0.1) is 0 Å². The molecule has 2 atom stereocenters. The minimum absolute atomic E-state index is 0.220. The first-order valence-corrected chi connectivity index (χ1v) is 5.58. The molecule has 0 saturated heterocycles. The maximum atomic E-state index is 11.9. The number of rotatable bonds is 0. The van der Waals surface area contributed by atoms with Gasteiger partial charge >= 0.3 is 0 Å². The number of Topliss-reactive ketones (excluding diaryl/α,β-unsaturated/α-hetero) is 1. The first-order valence-electron chi connectivity index (χ1n) is 5.58. The molecule has 0 radical (unpaired) electrons. The molecule has 2 bridgehead atoms. The second kappa shape index (κ2) is 3.09. The summed E-state index contributed by atoms with van der Waals surface area (Å²) in [5, 5.41) is 9.43. The average molecular weight is 202 g/mol. The standard InChI is InChI=1S/C13H14O2/c14-12-4-3-8-5-9-1-2-10(13(9)15)6-11(8)7-12/h3-4,7,9-10,14H,1-2,5-6H2/t9-,10-/m0/s1. The van der Waals surface area contributed by atoms with Crippen LogP contribution in [0, 0.1) is 11.8 Å². The molecule has 0 aliphatic heterocycles. The minimum Gasteiger partial charge on any atom is -0.508 e. The predicted molar refractivity (Wildman–Crippen MR) is 56.7 cm³/mol. The van der Waals surface area contributed by atoms with Crippen LogP contribution in [0.4, 0.5) is 0 Å². The van der Waals surface area contributed by atoms with Crippen LogP contribution in [-0.2, 0) is 17.6 Å². The SMILES string of the molecule is O=C1[C@H]2CC[C@H]1Cc1cc(O)ccc1C2. The van der Waals surface area contributed by atoms with Gasteiger partial charge in [-0.3, -0.25) is 4.79 Å². The lowest BCUT2D eigenvalue weighted by Gasteiger charge is -2.11. The lowest BCUT2D eigenvalue weighted by Crippen LogP contribution is -2.13. The number of fused-ring (bicyclic) bond motifs is 3. The third kappa shape index (κ3) is 1.36. The summed E-state index contributed by atoms with van der Waals surface area (Å²) in [5.41, 5.74) is 2.43. The second-order valence-electron chi connectivity index (χ2n) is 4.73. The molecule has 2 nitrogen and oxygen atoms in total. The van der Waals surface area contributed by atoms with Crippen LogP contribution < -0.4 is 0 Å². The number of phenols is 1. The summed E-state index contributed by atoms with van der Waals surface area (Å²) in [5.74, 6) is 1.24. The van der Waals surface area contributed by atoms with Crippen molar-refractivity contribution in [3.05, 3.63) is 29.3 Å². The van der Waals surface area contributed by atoms with Gasteiger partial charge in [-0.2, -0.15) is 0 Å². The van der Waals surface area contributed by atoms with Gasteiger partial charge in [-0.1, -0.05) is 6.07 Å². The highest BCUT2D eigenvalue weighted by Crippen LogP contribution is 2.37. The molecule has 0 amide bonds. The Labute approximate surface area is 88.9 Å². The van der Waals surface area contributed by atoms with Gasteiger partial charge in [0.25, 0.3) is 0 Å². The maximum Gasteiger partial charge on any atom is 0.139 e. The molecular formula is C13H14O2. The normalized spacial score (nSPS) is 28.7. The summed E-state index contributed by atoms with van der Waals surface area (Å²) in [6.07, 6.45) is 3.81. The zero-order valence-electron chi connectivity index (χ0n) is 8.57. The van der Waals surface area contributed by atoms with Crippen molar-refractivity contribution in [1.29, 1.82) is 0 Å². The fraction of sp³-hybridized carbons (Fsp3) is 0.462. The van der Waals surface area contributed by atoms with Crippen LogP contribution in [0.15, 0.2) is 18.2 Å². The Morgan fingerprint density at radius 1 is 1.07 bits per heavy atom. The van der Waals surface area contributed by atoms with Gasteiger partial charge in [-0.05, 0) is 48.9 Å². The van der Waals surface area contributed by atoms with Crippen molar-refractivity contribution < 1.29 is 9.90 Å². The molecule has 78 valence electrons. The van der Waals surface area contributed by atoms with Crippen molar-refractivity contribution >= 4 is 5.78 Å². The predicted octanol–water partition coefficient (Wildman–Crippen LogP) is 2.09. The Morgan fingerprint density at radius 2 is 1.73 bits per heavy atom. The summed E-state index contributed by atoms with van der Waals surface area (Å²) in [7, 11) is 0. The van der Waals surface area contributed by atoms with Crippen molar-refractivity contribution in [2.24, 2.45) is 11.8 Å². The van der Waals surface area contributed by atoms with Crippen molar-refractivity contribution in [2.45, 2.75) is 25.7 Å². The van der Waals surface area contributed by atoms with E-state index in [1.165, 1.54) is 11.1 Å². The van der Waals surface area contributed by atoms with E-state index < -0.39 is 0 Å². The number of benzene rings is 1. The number of carbonyl (C=O) groups excluding carboxylic acids is 1. The van der Waals surface area contributed by atoms with Gasteiger partial charge in [0.2, 0.25) is 0 Å². The summed E-state index contributed by atoms with van der Waals surface area (Å²) >= 11 is 0. The monoisotopic (exact) mass is 202 g/mol. The van der Waals surface area contributed by atoms with E-state index in [9.17, 15) is 9.90 Å². The van der Waals surface area contributed by atoms with Gasteiger partial charge in [0.15, 0.2) is 0 Å². The topological polar surface area (TPSA) is 37.3 Å². The van der Waals surface area contributed by atoms with Crippen LogP contribution in [0.1, 0.15) is 24.0 Å². The van der Waals surface area contributed by atoms with Crippen molar-refractivity contribution in [3.8, 4) is 5.75 Å². The molecule has 0 heterocycles. The number of carbonyl (C=O) groups is 1. The molecule has 1 saturated carbocycles. The molecule has 2 aliphatic carbocycles. The summed E-state index contributed by atoms with van der Waals surface area (Å²) < 4.78 is 0. The molecule has 1 aromatic rings. The van der Waals surface area contributed by atoms with Crippen LogP contribution >= 0.6 is 0 Å². The fourth-order valence-corrected chi connectivity index (χ4v) is 2.96. The first-order chi connectivity index (χ1) is 7.24. The van der Waals surface area contributed by atoms with Gasteiger partial charge in [-0.25, -0.2) is 0 Å². The number of phenolic OH excluding ortho intramolecular Hbond substituents is 1. The van der Waals surface area contributed by atoms with Crippen LogP contribution in [0.25, 0.3) is 0 Å². The highest BCUT2D eigenvalue weighted by molar-refractivity contribution is 5.86. The van der Waals surface area contributed by atoms with Crippen molar-refractivity contribution in [2.75, 3.05) is 0 Å². The molecule has 3 rings (SSSR count). The molecular weight excluding hydrogens is 188 g/mol. The Hall–Kier alpha value is -1.31.